The minimum atomic E-state index is -0.652. The van der Waals surface area contributed by atoms with E-state index in [9.17, 15) is 5.11 Å². The van der Waals surface area contributed by atoms with Crippen LogP contribution in [0.1, 0.15) is 38.9 Å². The van der Waals surface area contributed by atoms with Crippen molar-refractivity contribution in [2.45, 2.75) is 39.3 Å². The van der Waals surface area contributed by atoms with Crippen molar-refractivity contribution in [3.63, 3.8) is 0 Å². The smallest absolute Gasteiger partial charge is 0.0965 e. The summed E-state index contributed by atoms with van der Waals surface area (Å²) in [5.74, 6) is 0. The fraction of sp³-hybridized carbons (Fsp3) is 0.571. The number of hydrogen-bond acceptors (Lipinski definition) is 3. The van der Waals surface area contributed by atoms with Gasteiger partial charge in [-0.25, -0.2) is 0 Å². The highest BCUT2D eigenvalue weighted by atomic mass is 16.3. The van der Waals surface area contributed by atoms with E-state index in [1.165, 1.54) is 6.42 Å². The van der Waals surface area contributed by atoms with E-state index in [1.807, 2.05) is 37.3 Å². The number of hydrogen-bond donors (Lipinski definition) is 3. The zero-order valence-corrected chi connectivity index (χ0v) is 11.1. The van der Waals surface area contributed by atoms with Gasteiger partial charge in [-0.05, 0) is 12.1 Å². The molecule has 0 radical (unpaired) electrons. The molecule has 0 saturated carbocycles. The first kappa shape index (κ1) is 16.1. The van der Waals surface area contributed by atoms with Crippen molar-refractivity contribution in [1.82, 2.24) is 5.32 Å². The normalized spacial score (nSPS) is 13.5. The molecule has 0 amide bonds. The van der Waals surface area contributed by atoms with Gasteiger partial charge in [0.15, 0.2) is 0 Å². The summed E-state index contributed by atoms with van der Waals surface area (Å²) in [5, 5.41) is 22.0. The average molecular weight is 239 g/mol. The third-order valence-electron chi connectivity index (χ3n) is 2.19. The Morgan fingerprint density at radius 2 is 1.65 bits per heavy atom. The number of nitrogens with one attached hydrogen (secondary N) is 1. The topological polar surface area (TPSA) is 52.5 Å². The standard InChI is InChI=1S/C11H17NO2.C3H8/c1-2-12-10(8-13)11(14)9-6-4-3-5-7-9;1-3-2/h3-7,10-14H,2,8H2,1H3;3H2,1-2H3/t10-,11-;/m1./s1. The molecule has 1 rings (SSSR count). The number of aliphatic hydroxyl groups excluding tert-OH is 2. The molecule has 0 saturated heterocycles. The molecule has 0 aliphatic carbocycles. The molecule has 0 aromatic heterocycles. The van der Waals surface area contributed by atoms with E-state index < -0.39 is 6.10 Å². The minimum absolute atomic E-state index is 0.0656. The number of benzene rings is 1. The SMILES string of the molecule is CCC.CCN[C@H](CO)[C@H](O)c1ccccc1. The Bertz CT molecular complexity index is 264. The van der Waals surface area contributed by atoms with Crippen LogP contribution in [0.3, 0.4) is 0 Å². The largest absolute Gasteiger partial charge is 0.395 e. The summed E-state index contributed by atoms with van der Waals surface area (Å²) in [6.45, 7) is 6.86. The van der Waals surface area contributed by atoms with Crippen LogP contribution >= 0.6 is 0 Å². The molecule has 0 unspecified atom stereocenters. The monoisotopic (exact) mass is 239 g/mol. The predicted octanol–water partition coefficient (Wildman–Crippen LogP) is 2.11. The molecule has 0 fully saturated rings. The van der Waals surface area contributed by atoms with E-state index in [4.69, 9.17) is 5.11 Å². The zero-order valence-electron chi connectivity index (χ0n) is 11.1. The van der Waals surface area contributed by atoms with Crippen molar-refractivity contribution in [3.05, 3.63) is 35.9 Å². The Kier molecular flexibility index (Phi) is 9.72. The van der Waals surface area contributed by atoms with Crippen LogP contribution in [-0.2, 0) is 0 Å². The molecule has 0 bridgehead atoms. The molecule has 0 heterocycles. The van der Waals surface area contributed by atoms with Gasteiger partial charge in [-0.3, -0.25) is 0 Å². The van der Waals surface area contributed by atoms with Crippen molar-refractivity contribution in [2.75, 3.05) is 13.2 Å². The molecule has 2 atom stereocenters. The second-order valence-corrected chi connectivity index (χ2v) is 3.91. The maximum absolute atomic E-state index is 9.89. The van der Waals surface area contributed by atoms with Gasteiger partial charge in [0.1, 0.15) is 0 Å². The predicted molar refractivity (Wildman–Crippen MR) is 71.9 cm³/mol. The summed E-state index contributed by atoms with van der Waals surface area (Å²) in [5.41, 5.74) is 0.826. The van der Waals surface area contributed by atoms with Crippen LogP contribution in [-0.4, -0.2) is 29.4 Å². The van der Waals surface area contributed by atoms with Crippen molar-refractivity contribution in [2.24, 2.45) is 0 Å². The van der Waals surface area contributed by atoms with Gasteiger partial charge in [0.2, 0.25) is 0 Å². The molecule has 17 heavy (non-hydrogen) atoms. The number of likely N-dealkylation sites (N-methyl/N-ethyl adjacent to an activating group) is 1. The lowest BCUT2D eigenvalue weighted by molar-refractivity contribution is 0.0911. The second kappa shape index (κ2) is 10.3. The number of rotatable bonds is 5. The summed E-state index contributed by atoms with van der Waals surface area (Å²) in [4.78, 5) is 0. The highest BCUT2D eigenvalue weighted by Crippen LogP contribution is 2.15. The van der Waals surface area contributed by atoms with Gasteiger partial charge in [-0.2, -0.15) is 0 Å². The Balaban J connectivity index is 0.000000770. The lowest BCUT2D eigenvalue weighted by atomic mass is 10.0. The second-order valence-electron chi connectivity index (χ2n) is 3.91. The highest BCUT2D eigenvalue weighted by molar-refractivity contribution is 5.18. The lowest BCUT2D eigenvalue weighted by Gasteiger charge is -2.21. The summed E-state index contributed by atoms with van der Waals surface area (Å²) in [6.07, 6.45) is 0.598. The molecule has 3 nitrogen and oxygen atoms in total. The van der Waals surface area contributed by atoms with Crippen molar-refractivity contribution < 1.29 is 10.2 Å². The van der Waals surface area contributed by atoms with Crippen molar-refractivity contribution in [1.29, 1.82) is 0 Å². The van der Waals surface area contributed by atoms with Gasteiger partial charge in [0, 0.05) is 0 Å². The average Bonchev–Trinajstić information content (AvgIpc) is 2.37. The quantitative estimate of drug-likeness (QED) is 0.737. The first-order valence-electron chi connectivity index (χ1n) is 6.28. The van der Waals surface area contributed by atoms with Crippen molar-refractivity contribution >= 4 is 0 Å². The zero-order chi connectivity index (χ0) is 13.1. The summed E-state index contributed by atoms with van der Waals surface area (Å²) < 4.78 is 0. The third kappa shape index (κ3) is 6.41. The van der Waals surface area contributed by atoms with E-state index >= 15 is 0 Å². The summed E-state index contributed by atoms with van der Waals surface area (Å²) in [6, 6.07) is 9.06. The van der Waals surface area contributed by atoms with Crippen LogP contribution in [0.5, 0.6) is 0 Å². The van der Waals surface area contributed by atoms with Crippen LogP contribution in [0.4, 0.5) is 0 Å². The maximum Gasteiger partial charge on any atom is 0.0965 e. The molecule has 1 aromatic rings. The first-order valence-corrected chi connectivity index (χ1v) is 6.28. The van der Waals surface area contributed by atoms with E-state index in [-0.39, 0.29) is 12.6 Å². The van der Waals surface area contributed by atoms with Crippen LogP contribution in [0.15, 0.2) is 30.3 Å². The van der Waals surface area contributed by atoms with E-state index in [2.05, 4.69) is 19.2 Å². The maximum atomic E-state index is 9.89. The fourth-order valence-corrected chi connectivity index (χ4v) is 1.42. The van der Waals surface area contributed by atoms with E-state index in [1.54, 1.807) is 0 Å². The van der Waals surface area contributed by atoms with Crippen LogP contribution in [0.2, 0.25) is 0 Å². The first-order chi connectivity index (χ1) is 8.21. The van der Waals surface area contributed by atoms with Gasteiger partial charge >= 0.3 is 0 Å². The molecular formula is C14H25NO2. The van der Waals surface area contributed by atoms with Gasteiger partial charge in [-0.1, -0.05) is 57.5 Å². The molecule has 0 aliphatic heterocycles. The molecule has 0 aliphatic rings. The minimum Gasteiger partial charge on any atom is -0.395 e. The Labute approximate surface area is 104 Å². The molecule has 98 valence electrons. The van der Waals surface area contributed by atoms with Gasteiger partial charge in [0.05, 0.1) is 18.8 Å². The molecule has 0 spiro atoms. The van der Waals surface area contributed by atoms with Gasteiger partial charge < -0.3 is 15.5 Å². The van der Waals surface area contributed by atoms with Crippen LogP contribution < -0.4 is 5.32 Å². The molecule has 1 aromatic carbocycles. The lowest BCUT2D eigenvalue weighted by Crippen LogP contribution is -2.37. The van der Waals surface area contributed by atoms with E-state index in [0.717, 1.165) is 12.1 Å². The molecule has 3 N–H and O–H groups in total. The van der Waals surface area contributed by atoms with Crippen molar-refractivity contribution in [3.8, 4) is 0 Å². The Morgan fingerprint density at radius 1 is 1.12 bits per heavy atom. The molecular weight excluding hydrogens is 214 g/mol. The molecule has 3 heteroatoms. The fourth-order valence-electron chi connectivity index (χ4n) is 1.42. The van der Waals surface area contributed by atoms with Crippen LogP contribution in [0.25, 0.3) is 0 Å². The highest BCUT2D eigenvalue weighted by Gasteiger charge is 2.18. The Morgan fingerprint density at radius 3 is 2.06 bits per heavy atom. The van der Waals surface area contributed by atoms with Crippen LogP contribution in [0, 0.1) is 0 Å². The summed E-state index contributed by atoms with van der Waals surface area (Å²) in [7, 11) is 0. The third-order valence-corrected chi connectivity index (χ3v) is 2.19. The van der Waals surface area contributed by atoms with E-state index in [0.29, 0.717) is 0 Å². The summed E-state index contributed by atoms with van der Waals surface area (Å²) >= 11 is 0. The Hall–Kier alpha value is -0.900. The van der Waals surface area contributed by atoms with Gasteiger partial charge in [0.25, 0.3) is 0 Å². The van der Waals surface area contributed by atoms with Gasteiger partial charge in [-0.15, -0.1) is 0 Å². The number of aliphatic hydroxyl groups is 2.